The van der Waals surface area contributed by atoms with Crippen LogP contribution in [0.15, 0.2) is 66.0 Å². The topological polar surface area (TPSA) is 37.1 Å². The van der Waals surface area contributed by atoms with Crippen LogP contribution in [0.5, 0.6) is 0 Å². The van der Waals surface area contributed by atoms with Crippen molar-refractivity contribution in [3.8, 4) is 0 Å². The van der Waals surface area contributed by atoms with Crippen molar-refractivity contribution in [3.63, 3.8) is 0 Å². The van der Waals surface area contributed by atoms with Crippen LogP contribution in [0.3, 0.4) is 0 Å². The van der Waals surface area contributed by atoms with Crippen molar-refractivity contribution in [3.05, 3.63) is 60.2 Å². The molecule has 1 heterocycles. The number of amidine groups is 2. The van der Waals surface area contributed by atoms with E-state index in [0.29, 0.717) is 5.92 Å². The van der Waals surface area contributed by atoms with Crippen LogP contribution in [-0.4, -0.2) is 11.7 Å². The fourth-order valence-corrected chi connectivity index (χ4v) is 3.24. The van der Waals surface area contributed by atoms with Crippen LogP contribution < -0.4 is 0 Å². The van der Waals surface area contributed by atoms with Crippen LogP contribution in [0.4, 0.5) is 0 Å². The van der Waals surface area contributed by atoms with Gasteiger partial charge in [0.25, 0.3) is 0 Å². The van der Waals surface area contributed by atoms with Gasteiger partial charge in [-0.05, 0) is 6.42 Å². The van der Waals surface area contributed by atoms with Gasteiger partial charge in [0.1, 0.15) is 27.1 Å². The van der Waals surface area contributed by atoms with Gasteiger partial charge in [-0.3, -0.25) is 0 Å². The van der Waals surface area contributed by atoms with Crippen molar-refractivity contribution in [2.45, 2.75) is 6.42 Å². The van der Waals surface area contributed by atoms with E-state index < -0.39 is 21.3 Å². The minimum absolute atomic E-state index is 0.323. The molecule has 0 saturated carbocycles. The molecule has 1 aromatic rings. The number of aliphatic imine (C=N–C) groups is 1. The quantitative estimate of drug-likeness (QED) is 0.723. The number of rotatable bonds is 2. The average Bonchev–Trinajstić information content (AvgIpc) is 2.49. The van der Waals surface area contributed by atoms with E-state index in [9.17, 15) is 0 Å². The maximum Gasteiger partial charge on any atom is 0.168 e. The van der Waals surface area contributed by atoms with Gasteiger partial charge in [0.15, 0.2) is 5.84 Å². The molecule has 90 valence electrons. The number of benzene rings is 1. The Morgan fingerprint density at radius 1 is 1.11 bits per heavy atom. The third-order valence-electron chi connectivity index (χ3n) is 2.81. The molecule has 0 bridgehead atoms. The zero-order valence-electron chi connectivity index (χ0n) is 9.70. The first-order valence-electron chi connectivity index (χ1n) is 5.83. The molecule has 1 atom stereocenters. The summed E-state index contributed by atoms with van der Waals surface area (Å²) in [6, 6.07) is 10.1. The molecule has 3 nitrogen and oxygen atoms in total. The SMILES string of the molecule is C1=CCC(C2=NI=NC(c3ccccc3)=N2)C=C1. The van der Waals surface area contributed by atoms with Gasteiger partial charge in [-0.15, -0.1) is 0 Å². The Balaban J connectivity index is 1.89. The molecule has 1 unspecified atom stereocenters. The van der Waals surface area contributed by atoms with Crippen LogP contribution in [0.25, 0.3) is 0 Å². The zero-order chi connectivity index (χ0) is 12.2. The molecule has 3 rings (SSSR count). The minimum Gasteiger partial charge on any atom is -0.212 e. The second-order valence-corrected chi connectivity index (χ2v) is 5.46. The predicted molar refractivity (Wildman–Crippen MR) is 83.2 cm³/mol. The molecule has 0 saturated heterocycles. The third-order valence-corrected chi connectivity index (χ3v) is 4.19. The van der Waals surface area contributed by atoms with Gasteiger partial charge >= 0.3 is 0 Å². The summed E-state index contributed by atoms with van der Waals surface area (Å²) in [5.74, 6) is 2.11. The molecule has 0 N–H and O–H groups in total. The van der Waals surface area contributed by atoms with Crippen LogP contribution in [0, 0.1) is 5.92 Å². The van der Waals surface area contributed by atoms with Gasteiger partial charge in [-0.25, -0.2) is 4.99 Å². The van der Waals surface area contributed by atoms with Gasteiger partial charge in [-0.2, -0.15) is 6.35 Å². The summed E-state index contributed by atoms with van der Waals surface area (Å²) in [4.78, 5) is 4.62. The van der Waals surface area contributed by atoms with E-state index in [1.165, 1.54) is 0 Å². The zero-order valence-corrected chi connectivity index (χ0v) is 11.9. The van der Waals surface area contributed by atoms with Gasteiger partial charge in [0, 0.05) is 11.5 Å². The van der Waals surface area contributed by atoms with Crippen molar-refractivity contribution in [2.24, 2.45) is 17.3 Å². The summed E-state index contributed by atoms with van der Waals surface area (Å²) in [5, 5.41) is 0. The highest BCUT2D eigenvalue weighted by atomic mass is 127. The van der Waals surface area contributed by atoms with E-state index in [4.69, 9.17) is 0 Å². The predicted octanol–water partition coefficient (Wildman–Crippen LogP) is 4.05. The molecule has 0 fully saturated rings. The van der Waals surface area contributed by atoms with E-state index in [0.717, 1.165) is 23.7 Å². The Hall–Kier alpha value is -1.43. The summed E-state index contributed by atoms with van der Waals surface area (Å²) in [5.41, 5.74) is 1.08. The normalized spacial score (nSPS) is 22.1. The van der Waals surface area contributed by atoms with Gasteiger partial charge in [0.2, 0.25) is 0 Å². The van der Waals surface area contributed by atoms with E-state index >= 15 is 0 Å². The van der Waals surface area contributed by atoms with E-state index in [1.54, 1.807) is 0 Å². The van der Waals surface area contributed by atoms with Crippen LogP contribution in [0.1, 0.15) is 12.0 Å². The van der Waals surface area contributed by atoms with Crippen LogP contribution in [-0.2, 0) is 0 Å². The number of hydrogen-bond donors (Lipinski definition) is 0. The highest BCUT2D eigenvalue weighted by Crippen LogP contribution is 2.22. The highest BCUT2D eigenvalue weighted by Gasteiger charge is 2.16. The van der Waals surface area contributed by atoms with Crippen molar-refractivity contribution < 1.29 is 0 Å². The van der Waals surface area contributed by atoms with Crippen molar-refractivity contribution in [1.29, 1.82) is 0 Å². The Kier molecular flexibility index (Phi) is 3.54. The standard InChI is InChI=1S/C14H12IN3/c1-3-7-11(8-4-1)13-16-14(18-15-17-13)12-9-5-2-6-10-12/h1-9,12H,10H2. The Labute approximate surface area is 117 Å². The molecule has 1 aromatic carbocycles. The van der Waals surface area contributed by atoms with Crippen molar-refractivity contribution in [1.82, 2.24) is 0 Å². The van der Waals surface area contributed by atoms with Crippen LogP contribution >= 0.6 is 21.3 Å². The van der Waals surface area contributed by atoms with Crippen LogP contribution in [0.2, 0.25) is 0 Å². The summed E-state index contributed by atoms with van der Waals surface area (Å²) in [6.07, 6.45) is 9.46. The first kappa shape index (κ1) is 11.6. The minimum atomic E-state index is -0.494. The smallest absolute Gasteiger partial charge is 0.168 e. The molecule has 0 spiro atoms. The first-order valence-corrected chi connectivity index (χ1v) is 7.76. The molecule has 1 aliphatic heterocycles. The van der Waals surface area contributed by atoms with Crippen molar-refractivity contribution >= 4 is 33.0 Å². The van der Waals surface area contributed by atoms with Crippen molar-refractivity contribution in [2.75, 3.05) is 0 Å². The third kappa shape index (κ3) is 2.53. The molecule has 0 amide bonds. The second-order valence-electron chi connectivity index (χ2n) is 4.06. The van der Waals surface area contributed by atoms with Gasteiger partial charge in [0.05, 0.1) is 0 Å². The fourth-order valence-electron chi connectivity index (χ4n) is 1.86. The lowest BCUT2D eigenvalue weighted by Crippen LogP contribution is -2.14. The monoisotopic (exact) mass is 349 g/mol. The maximum absolute atomic E-state index is 4.62. The Morgan fingerprint density at radius 3 is 2.78 bits per heavy atom. The van der Waals surface area contributed by atoms with E-state index in [-0.39, 0.29) is 0 Å². The Bertz CT molecular complexity index is 582. The molecule has 0 aromatic heterocycles. The fraction of sp³-hybridized carbons (Fsp3) is 0.143. The number of hydrogen-bond acceptors (Lipinski definition) is 3. The molecule has 4 heteroatoms. The molecule has 1 aliphatic carbocycles. The Morgan fingerprint density at radius 2 is 2.00 bits per heavy atom. The number of allylic oxidation sites excluding steroid dienone is 3. The lowest BCUT2D eigenvalue weighted by molar-refractivity contribution is 0.862. The van der Waals surface area contributed by atoms with Gasteiger partial charge in [-0.1, -0.05) is 54.6 Å². The molecular weight excluding hydrogens is 337 g/mol. The largest absolute Gasteiger partial charge is 0.212 e. The summed E-state index contributed by atoms with van der Waals surface area (Å²) < 4.78 is 8.99. The maximum atomic E-state index is 4.62. The van der Waals surface area contributed by atoms with Gasteiger partial charge < -0.3 is 0 Å². The summed E-state index contributed by atoms with van der Waals surface area (Å²) in [6.45, 7) is 0. The molecule has 0 radical (unpaired) electrons. The first-order chi connectivity index (χ1) is 8.93. The average molecular weight is 349 g/mol. The molecular formula is C14H12IN3. The number of nitrogens with zero attached hydrogens (tertiary/aromatic N) is 3. The lowest BCUT2D eigenvalue weighted by atomic mass is 10.00. The number of halogens is 1. The lowest BCUT2D eigenvalue weighted by Gasteiger charge is -2.14. The summed E-state index contributed by atoms with van der Waals surface area (Å²) in [7, 11) is 0. The highest BCUT2D eigenvalue weighted by molar-refractivity contribution is 14.1. The van der Waals surface area contributed by atoms with E-state index in [2.05, 4.69) is 35.6 Å². The molecule has 18 heavy (non-hydrogen) atoms. The van der Waals surface area contributed by atoms with E-state index in [1.807, 2.05) is 30.3 Å². The summed E-state index contributed by atoms with van der Waals surface area (Å²) >= 11 is -0.494. The molecule has 2 aliphatic rings. The second kappa shape index (κ2) is 5.48.